The molecule has 6 nitrogen and oxygen atoms in total. The summed E-state index contributed by atoms with van der Waals surface area (Å²) < 4.78 is 11.5. The standard InChI is InChI=1S/C20H13NO5S/c22-19(23)21-15-10-5-4-9-14(15)17(16-11-6-12-27-16)18(21)26-20(24)25-13-7-2-1-3-8-13/h1-12H,(H,22,23). The lowest BCUT2D eigenvalue weighted by Crippen LogP contribution is -2.18. The molecule has 2 aromatic carbocycles. The number of hydrogen-bond donors (Lipinski definition) is 1. The molecule has 1 N–H and O–H groups in total. The fourth-order valence-electron chi connectivity index (χ4n) is 2.85. The van der Waals surface area contributed by atoms with Crippen molar-refractivity contribution < 1.29 is 24.2 Å². The second-order valence-electron chi connectivity index (χ2n) is 5.56. The van der Waals surface area contributed by atoms with Crippen molar-refractivity contribution in [2.24, 2.45) is 0 Å². The van der Waals surface area contributed by atoms with E-state index in [-0.39, 0.29) is 5.88 Å². The van der Waals surface area contributed by atoms with Crippen molar-refractivity contribution in [3.63, 3.8) is 0 Å². The average molecular weight is 379 g/mol. The summed E-state index contributed by atoms with van der Waals surface area (Å²) in [5, 5.41) is 12.3. The van der Waals surface area contributed by atoms with Gasteiger partial charge in [-0.15, -0.1) is 11.3 Å². The number of hydrogen-bond acceptors (Lipinski definition) is 5. The third-order valence-corrected chi connectivity index (χ3v) is 4.80. The van der Waals surface area contributed by atoms with Crippen LogP contribution < -0.4 is 9.47 Å². The summed E-state index contributed by atoms with van der Waals surface area (Å²) in [4.78, 5) is 25.0. The van der Waals surface area contributed by atoms with Gasteiger partial charge in [0.2, 0.25) is 5.88 Å². The number of carboxylic acid groups (broad SMARTS) is 1. The molecular weight excluding hydrogens is 366 g/mol. The summed E-state index contributed by atoms with van der Waals surface area (Å²) in [5.74, 6) is 0.213. The van der Waals surface area contributed by atoms with Gasteiger partial charge in [-0.25, -0.2) is 14.2 Å². The molecule has 0 bridgehead atoms. The quantitative estimate of drug-likeness (QED) is 0.377. The highest BCUT2D eigenvalue weighted by Gasteiger charge is 2.26. The maximum absolute atomic E-state index is 12.3. The largest absolute Gasteiger partial charge is 0.520 e. The van der Waals surface area contributed by atoms with Gasteiger partial charge in [-0.05, 0) is 29.6 Å². The maximum atomic E-state index is 12.3. The Kier molecular flexibility index (Phi) is 4.35. The molecule has 0 saturated heterocycles. The van der Waals surface area contributed by atoms with Crippen molar-refractivity contribution in [2.75, 3.05) is 0 Å². The van der Waals surface area contributed by atoms with E-state index in [1.54, 1.807) is 54.6 Å². The van der Waals surface area contributed by atoms with E-state index in [4.69, 9.17) is 9.47 Å². The number of carbonyl (C=O) groups is 2. The van der Waals surface area contributed by atoms with E-state index in [1.807, 2.05) is 17.5 Å². The summed E-state index contributed by atoms with van der Waals surface area (Å²) in [6.45, 7) is 0. The first-order valence-corrected chi connectivity index (χ1v) is 8.88. The van der Waals surface area contributed by atoms with Gasteiger partial charge in [0.1, 0.15) is 5.75 Å². The van der Waals surface area contributed by atoms with Crippen LogP contribution in [0.25, 0.3) is 21.3 Å². The number of carbonyl (C=O) groups excluding carboxylic acids is 1. The second kappa shape index (κ2) is 6.97. The minimum Gasteiger partial charge on any atom is -0.464 e. The monoisotopic (exact) mass is 379 g/mol. The molecule has 27 heavy (non-hydrogen) atoms. The topological polar surface area (TPSA) is 77.8 Å². The Bertz CT molecular complexity index is 1120. The molecule has 2 aromatic heterocycles. The molecular formula is C20H13NO5S. The molecule has 0 aliphatic carbocycles. The smallest absolute Gasteiger partial charge is 0.464 e. The summed E-state index contributed by atoms with van der Waals surface area (Å²) in [5.41, 5.74) is 0.962. The summed E-state index contributed by atoms with van der Waals surface area (Å²) in [7, 11) is 0. The molecule has 0 spiro atoms. The van der Waals surface area contributed by atoms with Crippen LogP contribution in [0.3, 0.4) is 0 Å². The number of aromatic nitrogens is 1. The lowest BCUT2D eigenvalue weighted by Gasteiger charge is -2.08. The van der Waals surface area contributed by atoms with E-state index < -0.39 is 12.2 Å². The summed E-state index contributed by atoms with van der Waals surface area (Å²) >= 11 is 1.42. The van der Waals surface area contributed by atoms with Crippen LogP contribution in [0.2, 0.25) is 0 Å². The van der Waals surface area contributed by atoms with E-state index >= 15 is 0 Å². The van der Waals surface area contributed by atoms with Crippen molar-refractivity contribution in [3.8, 4) is 22.1 Å². The molecule has 0 saturated carbocycles. The van der Waals surface area contributed by atoms with E-state index in [1.165, 1.54) is 11.3 Å². The van der Waals surface area contributed by atoms with E-state index in [0.717, 1.165) is 9.44 Å². The van der Waals surface area contributed by atoms with Crippen molar-refractivity contribution in [1.29, 1.82) is 0 Å². The molecule has 0 amide bonds. The predicted octanol–water partition coefficient (Wildman–Crippen LogP) is 5.47. The molecule has 0 radical (unpaired) electrons. The van der Waals surface area contributed by atoms with Gasteiger partial charge in [0.05, 0.1) is 11.1 Å². The van der Waals surface area contributed by atoms with Crippen LogP contribution in [0.5, 0.6) is 11.6 Å². The van der Waals surface area contributed by atoms with Crippen molar-refractivity contribution in [1.82, 2.24) is 4.57 Å². The number of rotatable bonds is 3. The summed E-state index contributed by atoms with van der Waals surface area (Å²) in [6, 6.07) is 19.1. The molecule has 2 heterocycles. The van der Waals surface area contributed by atoms with Gasteiger partial charge in [-0.2, -0.15) is 0 Å². The van der Waals surface area contributed by atoms with Gasteiger partial charge in [-0.1, -0.05) is 42.5 Å². The van der Waals surface area contributed by atoms with Gasteiger partial charge in [0.15, 0.2) is 0 Å². The van der Waals surface area contributed by atoms with Crippen LogP contribution in [0.4, 0.5) is 9.59 Å². The molecule has 0 aliphatic rings. The number of fused-ring (bicyclic) bond motifs is 1. The Morgan fingerprint density at radius 1 is 0.889 bits per heavy atom. The van der Waals surface area contributed by atoms with Gasteiger partial charge >= 0.3 is 12.2 Å². The predicted molar refractivity (Wildman–Crippen MR) is 102 cm³/mol. The summed E-state index contributed by atoms with van der Waals surface area (Å²) in [6.07, 6.45) is -2.26. The van der Waals surface area contributed by atoms with E-state index in [0.29, 0.717) is 22.2 Å². The molecule has 134 valence electrons. The van der Waals surface area contributed by atoms with Crippen molar-refractivity contribution >= 4 is 34.5 Å². The lowest BCUT2D eigenvalue weighted by molar-refractivity contribution is 0.147. The fourth-order valence-corrected chi connectivity index (χ4v) is 3.62. The molecule has 0 fully saturated rings. The zero-order valence-electron chi connectivity index (χ0n) is 13.9. The van der Waals surface area contributed by atoms with Crippen LogP contribution in [-0.4, -0.2) is 21.9 Å². The SMILES string of the molecule is O=C(Oc1ccccc1)Oc1c(-c2cccs2)c2ccccc2n1C(=O)O. The number of nitrogens with zero attached hydrogens (tertiary/aromatic N) is 1. The number of benzene rings is 2. The zero-order chi connectivity index (χ0) is 18.8. The molecule has 0 atom stereocenters. The maximum Gasteiger partial charge on any atom is 0.520 e. The van der Waals surface area contributed by atoms with Crippen LogP contribution in [0.1, 0.15) is 0 Å². The van der Waals surface area contributed by atoms with Crippen LogP contribution >= 0.6 is 11.3 Å². The fraction of sp³-hybridized carbons (Fsp3) is 0. The van der Waals surface area contributed by atoms with E-state index in [2.05, 4.69) is 0 Å². The van der Waals surface area contributed by atoms with Crippen LogP contribution in [-0.2, 0) is 0 Å². The van der Waals surface area contributed by atoms with Crippen LogP contribution in [0, 0.1) is 0 Å². The number of thiophene rings is 1. The third-order valence-electron chi connectivity index (χ3n) is 3.91. The van der Waals surface area contributed by atoms with Crippen molar-refractivity contribution in [3.05, 3.63) is 72.1 Å². The lowest BCUT2D eigenvalue weighted by atomic mass is 10.1. The highest BCUT2D eigenvalue weighted by Crippen LogP contribution is 2.42. The highest BCUT2D eigenvalue weighted by atomic mass is 32.1. The molecule has 4 rings (SSSR count). The first kappa shape index (κ1) is 16.9. The molecule has 7 heteroatoms. The average Bonchev–Trinajstić information content (AvgIpc) is 3.27. The van der Waals surface area contributed by atoms with Gasteiger partial charge < -0.3 is 14.6 Å². The van der Waals surface area contributed by atoms with Gasteiger partial charge in [0, 0.05) is 10.3 Å². The number of ether oxygens (including phenoxy) is 2. The minimum atomic E-state index is -1.25. The second-order valence-corrected chi connectivity index (χ2v) is 6.51. The molecule has 0 unspecified atom stereocenters. The third kappa shape index (κ3) is 3.16. The van der Waals surface area contributed by atoms with Crippen molar-refractivity contribution in [2.45, 2.75) is 0 Å². The molecule has 4 aromatic rings. The Balaban J connectivity index is 1.83. The highest BCUT2D eigenvalue weighted by molar-refractivity contribution is 7.13. The number of para-hydroxylation sites is 2. The Labute approximate surface area is 157 Å². The first-order chi connectivity index (χ1) is 13.1. The van der Waals surface area contributed by atoms with Crippen LogP contribution in [0.15, 0.2) is 72.1 Å². The Morgan fingerprint density at radius 2 is 1.63 bits per heavy atom. The minimum absolute atomic E-state index is 0.0907. The van der Waals surface area contributed by atoms with Gasteiger partial charge in [-0.3, -0.25) is 0 Å². The van der Waals surface area contributed by atoms with E-state index in [9.17, 15) is 14.7 Å². The zero-order valence-corrected chi connectivity index (χ0v) is 14.7. The Hall–Kier alpha value is -3.58. The molecule has 0 aliphatic heterocycles. The Morgan fingerprint density at radius 3 is 2.33 bits per heavy atom. The normalized spacial score (nSPS) is 10.7. The van der Waals surface area contributed by atoms with Gasteiger partial charge in [0.25, 0.3) is 0 Å². The first-order valence-electron chi connectivity index (χ1n) is 8.00.